The fourth-order valence-electron chi connectivity index (χ4n) is 3.11. The molecule has 3 aromatic rings. The van der Waals surface area contributed by atoms with Crippen molar-refractivity contribution in [2.45, 2.75) is 39.0 Å². The van der Waals surface area contributed by atoms with E-state index in [4.69, 9.17) is 11.6 Å². The summed E-state index contributed by atoms with van der Waals surface area (Å²) in [5.41, 5.74) is 2.44. The van der Waals surface area contributed by atoms with E-state index in [0.29, 0.717) is 39.4 Å². The molecule has 28 heavy (non-hydrogen) atoms. The molecule has 6 nitrogen and oxygen atoms in total. The van der Waals surface area contributed by atoms with Crippen molar-refractivity contribution in [2.75, 3.05) is 11.6 Å². The second-order valence-electron chi connectivity index (χ2n) is 7.07. The topological polar surface area (TPSA) is 68.9 Å². The summed E-state index contributed by atoms with van der Waals surface area (Å²) in [6.45, 7) is 6.62. The third-order valence-electron chi connectivity index (χ3n) is 4.34. The summed E-state index contributed by atoms with van der Waals surface area (Å²) in [4.78, 5) is 30.4. The smallest absolute Gasteiger partial charge is 0.278 e. The van der Waals surface area contributed by atoms with Crippen LogP contribution in [-0.4, -0.2) is 26.3 Å². The lowest BCUT2D eigenvalue weighted by molar-refractivity contribution is -0.116. The summed E-state index contributed by atoms with van der Waals surface area (Å²) < 4.78 is 3.43. The lowest BCUT2D eigenvalue weighted by Gasteiger charge is -2.14. The van der Waals surface area contributed by atoms with Crippen molar-refractivity contribution < 1.29 is 4.79 Å². The summed E-state index contributed by atoms with van der Waals surface area (Å²) in [5.74, 6) is 0.0900. The van der Waals surface area contributed by atoms with Crippen molar-refractivity contribution in [1.82, 2.24) is 14.1 Å². The highest BCUT2D eigenvalue weighted by atomic mass is 35.5. The van der Waals surface area contributed by atoms with E-state index in [9.17, 15) is 9.59 Å². The minimum Gasteiger partial charge on any atom is -0.330 e. The maximum absolute atomic E-state index is 13.2. The maximum Gasteiger partial charge on any atom is 0.278 e. The number of hydrogen-bond donors (Lipinski definition) is 1. The zero-order valence-electron chi connectivity index (χ0n) is 16.3. The number of amides is 1. The zero-order valence-corrected chi connectivity index (χ0v) is 17.9. The van der Waals surface area contributed by atoms with Crippen LogP contribution >= 0.6 is 23.4 Å². The minimum absolute atomic E-state index is 0.0369. The Morgan fingerprint density at radius 1 is 1.25 bits per heavy atom. The Morgan fingerprint density at radius 3 is 2.54 bits per heavy atom. The zero-order chi connectivity index (χ0) is 20.4. The Bertz CT molecular complexity index is 1070. The number of rotatable bonds is 6. The lowest BCUT2D eigenvalue weighted by atomic mass is 10.2. The second kappa shape index (κ2) is 8.41. The van der Waals surface area contributed by atoms with Crippen LogP contribution in [0.15, 0.2) is 40.3 Å². The molecule has 1 N–H and O–H groups in total. The lowest BCUT2D eigenvalue weighted by Crippen LogP contribution is -2.28. The van der Waals surface area contributed by atoms with Crippen molar-refractivity contribution >= 4 is 46.0 Å². The van der Waals surface area contributed by atoms with Crippen LogP contribution in [0.5, 0.6) is 0 Å². The molecule has 1 amide bonds. The van der Waals surface area contributed by atoms with Gasteiger partial charge in [-0.15, -0.1) is 0 Å². The van der Waals surface area contributed by atoms with Crippen LogP contribution in [0, 0.1) is 12.8 Å². The number of aryl methyl sites for hydroxylation is 1. The predicted molar refractivity (Wildman–Crippen MR) is 115 cm³/mol. The van der Waals surface area contributed by atoms with E-state index < -0.39 is 0 Å². The number of hydrogen-bond acceptors (Lipinski definition) is 4. The van der Waals surface area contributed by atoms with Gasteiger partial charge in [0.25, 0.3) is 5.56 Å². The number of nitrogens with zero attached hydrogens (tertiary/aromatic N) is 3. The van der Waals surface area contributed by atoms with Crippen LogP contribution < -0.4 is 10.9 Å². The van der Waals surface area contributed by atoms with Crippen molar-refractivity contribution in [3.05, 3.63) is 51.4 Å². The van der Waals surface area contributed by atoms with Gasteiger partial charge in [0.15, 0.2) is 5.16 Å². The van der Waals surface area contributed by atoms with Crippen LogP contribution in [0.2, 0.25) is 5.02 Å². The molecule has 0 atom stereocenters. The molecule has 0 aliphatic rings. The molecule has 0 spiro atoms. The van der Waals surface area contributed by atoms with E-state index >= 15 is 0 Å². The van der Waals surface area contributed by atoms with Crippen LogP contribution in [0.3, 0.4) is 0 Å². The molecule has 0 bridgehead atoms. The molecule has 2 heterocycles. The van der Waals surface area contributed by atoms with Gasteiger partial charge < -0.3 is 9.88 Å². The van der Waals surface area contributed by atoms with Crippen molar-refractivity contribution in [3.8, 4) is 0 Å². The summed E-state index contributed by atoms with van der Waals surface area (Å²) in [6.07, 6.45) is 1.91. The quantitative estimate of drug-likeness (QED) is 0.481. The monoisotopic (exact) mass is 418 g/mol. The van der Waals surface area contributed by atoms with Crippen LogP contribution in [0.1, 0.15) is 19.5 Å². The molecular formula is C20H23ClN4O2S. The molecule has 0 fully saturated rings. The molecule has 0 saturated carbocycles. The van der Waals surface area contributed by atoms with Gasteiger partial charge in [0, 0.05) is 22.9 Å². The van der Waals surface area contributed by atoms with E-state index in [1.807, 2.05) is 19.2 Å². The molecule has 148 valence electrons. The SMILES string of the molecule is CSc1nc2cc(C)n(CC(=O)Nc3ccc(Cl)cc3)c2c(=O)n1CC(C)C. The molecule has 3 rings (SSSR count). The Labute approximate surface area is 172 Å². The molecule has 0 aliphatic carbocycles. The van der Waals surface area contributed by atoms with E-state index in [0.717, 1.165) is 5.69 Å². The van der Waals surface area contributed by atoms with Gasteiger partial charge >= 0.3 is 0 Å². The highest BCUT2D eigenvalue weighted by Gasteiger charge is 2.18. The Morgan fingerprint density at radius 2 is 1.93 bits per heavy atom. The first-order valence-electron chi connectivity index (χ1n) is 9.00. The summed E-state index contributed by atoms with van der Waals surface area (Å²) >= 11 is 7.33. The van der Waals surface area contributed by atoms with Gasteiger partial charge in [-0.1, -0.05) is 37.2 Å². The first kappa shape index (κ1) is 20.5. The first-order chi connectivity index (χ1) is 13.3. The van der Waals surface area contributed by atoms with Crippen molar-refractivity contribution in [2.24, 2.45) is 5.92 Å². The standard InChI is InChI=1S/C20H23ClN4O2S/c1-12(2)10-25-19(27)18-16(23-20(25)28-4)9-13(3)24(18)11-17(26)22-15-7-5-14(21)6-8-15/h5-9,12H,10-11H2,1-4H3,(H,22,26). The summed E-state index contributed by atoms with van der Waals surface area (Å²) in [6, 6.07) is 8.76. The number of benzene rings is 1. The maximum atomic E-state index is 13.2. The highest BCUT2D eigenvalue weighted by molar-refractivity contribution is 7.98. The third kappa shape index (κ3) is 4.25. The van der Waals surface area contributed by atoms with Gasteiger partial charge in [0.1, 0.15) is 12.1 Å². The number of nitrogens with one attached hydrogen (secondary N) is 1. The number of carbonyl (C=O) groups excluding carboxylic acids is 1. The normalized spacial score (nSPS) is 11.4. The van der Waals surface area contributed by atoms with Gasteiger partial charge in [-0.05, 0) is 49.4 Å². The molecule has 8 heteroatoms. The van der Waals surface area contributed by atoms with Gasteiger partial charge in [-0.25, -0.2) is 4.98 Å². The fourth-order valence-corrected chi connectivity index (χ4v) is 3.80. The molecule has 0 aliphatic heterocycles. The van der Waals surface area contributed by atoms with E-state index in [2.05, 4.69) is 24.1 Å². The number of halogens is 1. The number of carbonyl (C=O) groups is 1. The van der Waals surface area contributed by atoms with Crippen LogP contribution in [0.4, 0.5) is 5.69 Å². The Balaban J connectivity index is 1.98. The number of thioether (sulfide) groups is 1. The first-order valence-corrected chi connectivity index (χ1v) is 10.6. The predicted octanol–water partition coefficient (Wildman–Crippen LogP) is 4.18. The largest absolute Gasteiger partial charge is 0.330 e. The summed E-state index contributed by atoms with van der Waals surface area (Å²) in [5, 5.41) is 4.13. The van der Waals surface area contributed by atoms with Gasteiger partial charge in [-0.3, -0.25) is 14.2 Å². The van der Waals surface area contributed by atoms with Crippen LogP contribution in [0.25, 0.3) is 11.0 Å². The molecular weight excluding hydrogens is 396 g/mol. The Hall–Kier alpha value is -2.25. The molecule has 1 aromatic carbocycles. The van der Waals surface area contributed by atoms with E-state index in [1.165, 1.54) is 11.8 Å². The molecule has 0 saturated heterocycles. The number of anilines is 1. The number of aromatic nitrogens is 3. The average molecular weight is 419 g/mol. The molecule has 0 radical (unpaired) electrons. The summed E-state index contributed by atoms with van der Waals surface area (Å²) in [7, 11) is 0. The number of fused-ring (bicyclic) bond motifs is 1. The highest BCUT2D eigenvalue weighted by Crippen LogP contribution is 2.20. The Kier molecular flexibility index (Phi) is 6.15. The van der Waals surface area contributed by atoms with E-state index in [1.54, 1.807) is 33.4 Å². The molecule has 0 unspecified atom stereocenters. The van der Waals surface area contributed by atoms with Gasteiger partial charge in [0.2, 0.25) is 5.91 Å². The minimum atomic E-state index is -0.216. The fraction of sp³-hybridized carbons (Fsp3) is 0.350. The van der Waals surface area contributed by atoms with Gasteiger partial charge in [0.05, 0.1) is 5.52 Å². The van der Waals surface area contributed by atoms with Crippen LogP contribution in [-0.2, 0) is 17.9 Å². The van der Waals surface area contributed by atoms with Gasteiger partial charge in [-0.2, -0.15) is 0 Å². The second-order valence-corrected chi connectivity index (χ2v) is 8.28. The van der Waals surface area contributed by atoms with E-state index in [-0.39, 0.29) is 18.0 Å². The van der Waals surface area contributed by atoms with Crippen molar-refractivity contribution in [1.29, 1.82) is 0 Å². The third-order valence-corrected chi connectivity index (χ3v) is 5.27. The van der Waals surface area contributed by atoms with Crippen molar-refractivity contribution in [3.63, 3.8) is 0 Å². The molecule has 2 aromatic heterocycles. The average Bonchev–Trinajstić information content (AvgIpc) is 2.94.